The Morgan fingerprint density at radius 2 is 1.90 bits per heavy atom. The van der Waals surface area contributed by atoms with Crippen molar-refractivity contribution in [2.45, 2.75) is 83.7 Å². The Kier molecular flexibility index (Phi) is 6.27. The first kappa shape index (κ1) is 21.5. The van der Waals surface area contributed by atoms with Gasteiger partial charge in [-0.3, -0.25) is 4.79 Å². The third kappa shape index (κ3) is 3.86. The second-order valence-electron chi connectivity index (χ2n) is 10.3. The van der Waals surface area contributed by atoms with E-state index in [1.807, 2.05) is 4.90 Å². The Balaban J connectivity index is 1.51. The highest BCUT2D eigenvalue weighted by Crippen LogP contribution is 2.62. The molecule has 1 N–H and O–H groups in total. The van der Waals surface area contributed by atoms with E-state index in [1.54, 1.807) is 7.11 Å². The molecule has 0 aromatic carbocycles. The molecule has 0 spiro atoms. The summed E-state index contributed by atoms with van der Waals surface area (Å²) in [6.45, 7) is 7.49. The van der Waals surface area contributed by atoms with Gasteiger partial charge in [0.1, 0.15) is 0 Å². The predicted molar refractivity (Wildman–Crippen MR) is 109 cm³/mol. The number of aliphatic hydroxyl groups is 1. The molecule has 0 aromatic heterocycles. The molecule has 7 atom stereocenters. The van der Waals surface area contributed by atoms with Gasteiger partial charge in [0.05, 0.1) is 25.4 Å². The van der Waals surface area contributed by atoms with Crippen LogP contribution in [0.3, 0.4) is 0 Å². The van der Waals surface area contributed by atoms with Crippen LogP contribution in [0.5, 0.6) is 0 Å². The highest BCUT2D eigenvalue weighted by molar-refractivity contribution is 5.76. The van der Waals surface area contributed by atoms with Gasteiger partial charge in [-0.1, -0.05) is 13.8 Å². The van der Waals surface area contributed by atoms with Gasteiger partial charge in [0.15, 0.2) is 6.29 Å². The van der Waals surface area contributed by atoms with E-state index in [0.717, 1.165) is 51.6 Å². The molecule has 2 saturated carbocycles. The lowest BCUT2D eigenvalue weighted by atomic mass is 9.46. The van der Waals surface area contributed by atoms with Gasteiger partial charge in [0.2, 0.25) is 5.91 Å². The molecule has 4 fully saturated rings. The van der Waals surface area contributed by atoms with Crippen LogP contribution >= 0.6 is 0 Å². The summed E-state index contributed by atoms with van der Waals surface area (Å²) in [7, 11) is 1.67. The van der Waals surface area contributed by atoms with Crippen LogP contribution in [0, 0.1) is 22.7 Å². The predicted octanol–water partition coefficient (Wildman–Crippen LogP) is 2.97. The fraction of sp³-hybridized carbons (Fsp3) is 0.957. The summed E-state index contributed by atoms with van der Waals surface area (Å²) in [6.07, 6.45) is 7.07. The van der Waals surface area contributed by atoms with Crippen LogP contribution < -0.4 is 0 Å². The smallest absolute Gasteiger partial charge is 0.222 e. The standard InChI is InChI=1S/C23H39NO5/c1-22-10-9-19-23(2,15-28-21(29-19)14-27-3)18(22)8-7-17(25)16(22)13-20(26)24-11-5-4-6-12-24/h16-19,21,25H,4-15H2,1-3H3/t16-,17-,18?,19-,21-,22+,23+/m1/s1. The number of likely N-dealkylation sites (tertiary alicyclic amines) is 1. The number of nitrogens with zero attached hydrogens (tertiary/aromatic N) is 1. The van der Waals surface area contributed by atoms with E-state index < -0.39 is 6.10 Å². The number of rotatable bonds is 4. The maximum atomic E-state index is 13.1. The normalized spacial score (nSPS) is 45.4. The first-order valence-corrected chi connectivity index (χ1v) is 11.6. The second kappa shape index (κ2) is 8.45. The van der Waals surface area contributed by atoms with Crippen LogP contribution in [0.25, 0.3) is 0 Å². The number of carbonyl (C=O) groups is 1. The largest absolute Gasteiger partial charge is 0.393 e. The summed E-state index contributed by atoms with van der Waals surface area (Å²) in [5.74, 6) is 0.643. The van der Waals surface area contributed by atoms with Crippen molar-refractivity contribution in [3.05, 3.63) is 0 Å². The summed E-state index contributed by atoms with van der Waals surface area (Å²) in [4.78, 5) is 15.1. The fourth-order valence-corrected chi connectivity index (χ4v) is 6.97. The van der Waals surface area contributed by atoms with Gasteiger partial charge in [-0.25, -0.2) is 0 Å². The number of carbonyl (C=O) groups excluding carboxylic acids is 1. The molecule has 29 heavy (non-hydrogen) atoms. The van der Waals surface area contributed by atoms with E-state index in [-0.39, 0.29) is 35.0 Å². The van der Waals surface area contributed by atoms with E-state index in [2.05, 4.69) is 13.8 Å². The Labute approximate surface area is 175 Å². The van der Waals surface area contributed by atoms with E-state index in [9.17, 15) is 9.90 Å². The van der Waals surface area contributed by atoms with Crippen molar-refractivity contribution in [3.8, 4) is 0 Å². The topological polar surface area (TPSA) is 68.2 Å². The maximum absolute atomic E-state index is 13.1. The SMILES string of the molecule is COC[C@@H]1OC[C@@]2(C)C3CC[C@@H](O)[C@@H](CC(=O)N4CCCCC4)[C@]3(C)CC[C@H]2O1. The number of amides is 1. The third-order valence-electron chi connectivity index (χ3n) is 8.64. The van der Waals surface area contributed by atoms with E-state index in [4.69, 9.17) is 14.2 Å². The molecule has 2 heterocycles. The van der Waals surface area contributed by atoms with Crippen molar-refractivity contribution >= 4 is 5.91 Å². The molecule has 6 heteroatoms. The minimum atomic E-state index is -0.392. The van der Waals surface area contributed by atoms with Gasteiger partial charge >= 0.3 is 0 Å². The van der Waals surface area contributed by atoms with Crippen LogP contribution in [0.1, 0.15) is 65.2 Å². The molecule has 6 nitrogen and oxygen atoms in total. The molecule has 2 saturated heterocycles. The van der Waals surface area contributed by atoms with Crippen LogP contribution in [-0.2, 0) is 19.0 Å². The molecule has 166 valence electrons. The van der Waals surface area contributed by atoms with Gasteiger partial charge in [-0.2, -0.15) is 0 Å². The van der Waals surface area contributed by atoms with Crippen molar-refractivity contribution < 1.29 is 24.1 Å². The minimum Gasteiger partial charge on any atom is -0.393 e. The Morgan fingerprint density at radius 3 is 2.62 bits per heavy atom. The number of hydrogen-bond acceptors (Lipinski definition) is 5. The average Bonchev–Trinajstić information content (AvgIpc) is 2.72. The zero-order valence-corrected chi connectivity index (χ0v) is 18.4. The number of fused-ring (bicyclic) bond motifs is 3. The maximum Gasteiger partial charge on any atom is 0.222 e. The molecule has 0 aromatic rings. The molecule has 1 unspecified atom stereocenters. The highest BCUT2D eigenvalue weighted by Gasteiger charge is 2.61. The summed E-state index contributed by atoms with van der Waals surface area (Å²) in [5, 5.41) is 11.0. The molecule has 0 radical (unpaired) electrons. The summed E-state index contributed by atoms with van der Waals surface area (Å²) in [6, 6.07) is 0. The molecular weight excluding hydrogens is 370 g/mol. The van der Waals surface area contributed by atoms with Gasteiger partial charge in [0.25, 0.3) is 0 Å². The van der Waals surface area contributed by atoms with Gasteiger partial charge in [-0.05, 0) is 62.2 Å². The highest BCUT2D eigenvalue weighted by atomic mass is 16.7. The first-order chi connectivity index (χ1) is 13.9. The minimum absolute atomic E-state index is 0.0187. The molecule has 4 rings (SSSR count). The quantitative estimate of drug-likeness (QED) is 0.773. The lowest BCUT2D eigenvalue weighted by Gasteiger charge is -2.63. The number of ether oxygens (including phenoxy) is 3. The van der Waals surface area contributed by atoms with Crippen LogP contribution in [0.2, 0.25) is 0 Å². The van der Waals surface area contributed by atoms with Crippen LogP contribution in [0.15, 0.2) is 0 Å². The summed E-state index contributed by atoms with van der Waals surface area (Å²) >= 11 is 0. The van der Waals surface area contributed by atoms with E-state index in [0.29, 0.717) is 25.6 Å². The average molecular weight is 410 g/mol. The van der Waals surface area contributed by atoms with Crippen molar-refractivity contribution in [2.24, 2.45) is 22.7 Å². The molecular formula is C23H39NO5. The number of hydrogen-bond donors (Lipinski definition) is 1. The van der Waals surface area contributed by atoms with Crippen molar-refractivity contribution in [3.63, 3.8) is 0 Å². The van der Waals surface area contributed by atoms with Crippen LogP contribution in [0.4, 0.5) is 0 Å². The monoisotopic (exact) mass is 409 g/mol. The van der Waals surface area contributed by atoms with E-state index in [1.165, 1.54) is 6.42 Å². The zero-order chi connectivity index (χ0) is 20.6. The lowest BCUT2D eigenvalue weighted by Crippen LogP contribution is -2.63. The fourth-order valence-electron chi connectivity index (χ4n) is 6.97. The second-order valence-corrected chi connectivity index (χ2v) is 10.3. The Morgan fingerprint density at radius 1 is 1.14 bits per heavy atom. The molecule has 4 aliphatic rings. The number of methoxy groups -OCH3 is 1. The van der Waals surface area contributed by atoms with Crippen molar-refractivity contribution in [1.82, 2.24) is 4.90 Å². The summed E-state index contributed by atoms with van der Waals surface area (Å²) < 4.78 is 17.5. The van der Waals surface area contributed by atoms with E-state index >= 15 is 0 Å². The molecule has 0 bridgehead atoms. The number of aliphatic hydroxyl groups excluding tert-OH is 1. The summed E-state index contributed by atoms with van der Waals surface area (Å²) in [5.41, 5.74) is -0.140. The Hall–Kier alpha value is -0.690. The molecule has 2 aliphatic carbocycles. The van der Waals surface area contributed by atoms with Crippen molar-refractivity contribution in [2.75, 3.05) is 33.4 Å². The van der Waals surface area contributed by atoms with Crippen LogP contribution in [-0.4, -0.2) is 67.8 Å². The molecule has 2 aliphatic heterocycles. The third-order valence-corrected chi connectivity index (χ3v) is 8.64. The number of piperidine rings is 1. The van der Waals surface area contributed by atoms with Crippen molar-refractivity contribution in [1.29, 1.82) is 0 Å². The van der Waals surface area contributed by atoms with Gasteiger partial charge in [-0.15, -0.1) is 0 Å². The van der Waals surface area contributed by atoms with Gasteiger partial charge in [0, 0.05) is 32.0 Å². The van der Waals surface area contributed by atoms with Gasteiger partial charge < -0.3 is 24.2 Å². The Bertz CT molecular complexity index is 594. The molecule has 1 amide bonds. The lowest BCUT2D eigenvalue weighted by molar-refractivity contribution is -0.316. The first-order valence-electron chi connectivity index (χ1n) is 11.6. The zero-order valence-electron chi connectivity index (χ0n) is 18.4.